The van der Waals surface area contributed by atoms with Gasteiger partial charge in [0.2, 0.25) is 5.91 Å². The second kappa shape index (κ2) is 8.10. The number of para-hydroxylation sites is 1. The van der Waals surface area contributed by atoms with Gasteiger partial charge >= 0.3 is 0 Å². The number of aromatic nitrogens is 1. The Hall–Kier alpha value is -2.73. The van der Waals surface area contributed by atoms with Gasteiger partial charge in [-0.2, -0.15) is 0 Å². The molecule has 1 aromatic carbocycles. The van der Waals surface area contributed by atoms with Gasteiger partial charge in [0.25, 0.3) is 0 Å². The van der Waals surface area contributed by atoms with Crippen LogP contribution in [0, 0.1) is 0 Å². The molecule has 7 heteroatoms. The van der Waals surface area contributed by atoms with Crippen molar-refractivity contribution < 1.29 is 18.5 Å². The molecule has 3 aromatic rings. The highest BCUT2D eigenvalue weighted by Gasteiger charge is 2.22. The number of hydrogen-bond donors (Lipinski definition) is 0. The lowest BCUT2D eigenvalue weighted by Crippen LogP contribution is -2.34. The maximum absolute atomic E-state index is 12.4. The van der Waals surface area contributed by atoms with Crippen LogP contribution in [0.3, 0.4) is 0 Å². The third-order valence-corrected chi connectivity index (χ3v) is 4.05. The molecule has 0 saturated carbocycles. The molecule has 2 aromatic heterocycles. The molecule has 0 fully saturated rings. The number of methoxy groups -OCH3 is 1. The third-order valence-electron chi connectivity index (χ3n) is 3.86. The van der Waals surface area contributed by atoms with E-state index in [-0.39, 0.29) is 12.5 Å². The second-order valence-corrected chi connectivity index (χ2v) is 6.43. The number of nitrogens with zero attached hydrogens (tertiary/aromatic N) is 2. The van der Waals surface area contributed by atoms with E-state index >= 15 is 0 Å². The lowest BCUT2D eigenvalue weighted by molar-refractivity contribution is -0.132. The number of carbonyl (C=O) groups is 1. The molecule has 0 spiro atoms. The minimum Gasteiger partial charge on any atom is -0.496 e. The monoisotopic (exact) mass is 374 g/mol. The third kappa shape index (κ3) is 4.08. The normalized spacial score (nSPS) is 12.0. The summed E-state index contributed by atoms with van der Waals surface area (Å²) in [5.41, 5.74) is 1.41. The molecule has 0 radical (unpaired) electrons. The fourth-order valence-electron chi connectivity index (χ4n) is 2.61. The Balaban J connectivity index is 1.81. The highest BCUT2D eigenvalue weighted by Crippen LogP contribution is 2.30. The molecule has 136 valence electrons. The Morgan fingerprint density at radius 2 is 2.08 bits per heavy atom. The molecule has 0 aliphatic heterocycles. The predicted molar refractivity (Wildman–Crippen MR) is 96.8 cm³/mol. The van der Waals surface area contributed by atoms with Crippen molar-refractivity contribution in [3.05, 3.63) is 60.2 Å². The molecule has 0 aliphatic carbocycles. The number of carbonyl (C=O) groups excluding carboxylic acids is 1. The van der Waals surface area contributed by atoms with E-state index in [4.69, 9.17) is 25.3 Å². The van der Waals surface area contributed by atoms with Gasteiger partial charge in [-0.05, 0) is 31.2 Å². The number of amides is 1. The quantitative estimate of drug-likeness (QED) is 0.582. The van der Waals surface area contributed by atoms with Crippen LogP contribution in [0.4, 0.5) is 0 Å². The number of halogens is 1. The van der Waals surface area contributed by atoms with Gasteiger partial charge in [-0.1, -0.05) is 17.3 Å². The summed E-state index contributed by atoms with van der Waals surface area (Å²) in [4.78, 5) is 14.0. The maximum atomic E-state index is 12.4. The maximum Gasteiger partial charge on any atom is 0.241 e. The standard InChI is InChI=1S/C19H19ClN2O4/c1-13(20)19(23)22(12-15-6-5-9-25-15)11-14-10-18(26-21-14)16-7-3-4-8-17(16)24-2/h3-10,13H,11-12H2,1-2H3/t13-/m0/s1. The van der Waals surface area contributed by atoms with E-state index in [0.717, 1.165) is 5.56 Å². The van der Waals surface area contributed by atoms with E-state index in [9.17, 15) is 4.79 Å². The van der Waals surface area contributed by atoms with Crippen LogP contribution >= 0.6 is 11.6 Å². The summed E-state index contributed by atoms with van der Waals surface area (Å²) in [6.07, 6.45) is 1.57. The van der Waals surface area contributed by atoms with Crippen molar-refractivity contribution in [2.45, 2.75) is 25.4 Å². The summed E-state index contributed by atoms with van der Waals surface area (Å²) in [5.74, 6) is 1.73. The zero-order valence-electron chi connectivity index (χ0n) is 14.5. The Morgan fingerprint density at radius 1 is 1.27 bits per heavy atom. The van der Waals surface area contributed by atoms with Crippen LogP contribution in [-0.2, 0) is 17.9 Å². The lowest BCUT2D eigenvalue weighted by Gasteiger charge is -2.21. The number of benzene rings is 1. The Bertz CT molecular complexity index is 858. The summed E-state index contributed by atoms with van der Waals surface area (Å²) in [5, 5.41) is 3.43. The van der Waals surface area contributed by atoms with Crippen LogP contribution < -0.4 is 4.74 Å². The molecule has 2 heterocycles. The van der Waals surface area contributed by atoms with Gasteiger partial charge in [-0.15, -0.1) is 11.6 Å². The SMILES string of the molecule is COc1ccccc1-c1cc(CN(Cc2ccco2)C(=O)[C@H](C)Cl)no1. The van der Waals surface area contributed by atoms with E-state index < -0.39 is 5.38 Å². The molecule has 26 heavy (non-hydrogen) atoms. The summed E-state index contributed by atoms with van der Waals surface area (Å²) < 4.78 is 16.1. The molecule has 0 aliphatic rings. The number of alkyl halides is 1. The first-order valence-corrected chi connectivity index (χ1v) is 8.56. The largest absolute Gasteiger partial charge is 0.496 e. The number of rotatable bonds is 7. The molecule has 3 rings (SSSR count). The van der Waals surface area contributed by atoms with Crippen molar-refractivity contribution >= 4 is 17.5 Å². The average molecular weight is 375 g/mol. The first kappa shape index (κ1) is 18.1. The van der Waals surface area contributed by atoms with E-state index in [1.165, 1.54) is 0 Å². The van der Waals surface area contributed by atoms with Crippen LogP contribution in [0.25, 0.3) is 11.3 Å². The van der Waals surface area contributed by atoms with Crippen molar-refractivity contribution in [3.63, 3.8) is 0 Å². The molecule has 1 amide bonds. The van der Waals surface area contributed by atoms with E-state index in [1.54, 1.807) is 37.3 Å². The van der Waals surface area contributed by atoms with Crippen LogP contribution in [0.5, 0.6) is 5.75 Å². The Morgan fingerprint density at radius 3 is 2.77 bits per heavy atom. The molecule has 6 nitrogen and oxygen atoms in total. The van der Waals surface area contributed by atoms with Gasteiger partial charge in [-0.3, -0.25) is 4.79 Å². The van der Waals surface area contributed by atoms with Gasteiger partial charge in [0, 0.05) is 6.07 Å². The fourth-order valence-corrected chi connectivity index (χ4v) is 2.75. The molecule has 1 atom stereocenters. The molecule has 0 saturated heterocycles. The van der Waals surface area contributed by atoms with Crippen molar-refractivity contribution in [3.8, 4) is 17.1 Å². The molecule has 0 bridgehead atoms. The molecular weight excluding hydrogens is 356 g/mol. The van der Waals surface area contributed by atoms with Crippen LogP contribution in [0.2, 0.25) is 0 Å². The molecule has 0 unspecified atom stereocenters. The van der Waals surface area contributed by atoms with Crippen molar-refractivity contribution in [2.24, 2.45) is 0 Å². The van der Waals surface area contributed by atoms with Gasteiger partial charge in [0.05, 0.1) is 32.0 Å². The zero-order chi connectivity index (χ0) is 18.5. The average Bonchev–Trinajstić information content (AvgIpc) is 3.32. The molecular formula is C19H19ClN2O4. The van der Waals surface area contributed by atoms with Gasteiger partial charge in [0.1, 0.15) is 22.6 Å². The fraction of sp³-hybridized carbons (Fsp3) is 0.263. The Labute approximate surface area is 156 Å². The summed E-state index contributed by atoms with van der Waals surface area (Å²) in [6.45, 7) is 2.21. The zero-order valence-corrected chi connectivity index (χ0v) is 15.3. The number of furan rings is 1. The van der Waals surface area contributed by atoms with Crippen molar-refractivity contribution in [2.75, 3.05) is 7.11 Å². The van der Waals surface area contributed by atoms with Crippen LogP contribution in [0.15, 0.2) is 57.7 Å². The summed E-state index contributed by atoms with van der Waals surface area (Å²) in [7, 11) is 1.60. The first-order valence-electron chi connectivity index (χ1n) is 8.12. The second-order valence-electron chi connectivity index (χ2n) is 5.77. The van der Waals surface area contributed by atoms with Crippen molar-refractivity contribution in [1.29, 1.82) is 0 Å². The first-order chi connectivity index (χ1) is 12.6. The smallest absolute Gasteiger partial charge is 0.241 e. The predicted octanol–water partition coefficient (Wildman–Crippen LogP) is 4.10. The van der Waals surface area contributed by atoms with Gasteiger partial charge in [0.15, 0.2) is 5.76 Å². The Kier molecular flexibility index (Phi) is 5.63. The van der Waals surface area contributed by atoms with E-state index in [2.05, 4.69) is 5.16 Å². The van der Waals surface area contributed by atoms with E-state index in [1.807, 2.05) is 30.3 Å². The summed E-state index contributed by atoms with van der Waals surface area (Å²) >= 11 is 5.99. The lowest BCUT2D eigenvalue weighted by atomic mass is 10.1. The minimum atomic E-state index is -0.648. The van der Waals surface area contributed by atoms with Crippen LogP contribution in [-0.4, -0.2) is 28.5 Å². The highest BCUT2D eigenvalue weighted by molar-refractivity contribution is 6.30. The van der Waals surface area contributed by atoms with Gasteiger partial charge in [-0.25, -0.2) is 0 Å². The van der Waals surface area contributed by atoms with Crippen LogP contribution in [0.1, 0.15) is 18.4 Å². The highest BCUT2D eigenvalue weighted by atomic mass is 35.5. The minimum absolute atomic E-state index is 0.204. The van der Waals surface area contributed by atoms with E-state index in [0.29, 0.717) is 29.5 Å². The van der Waals surface area contributed by atoms with Crippen molar-refractivity contribution in [1.82, 2.24) is 10.1 Å². The number of hydrogen-bond acceptors (Lipinski definition) is 5. The summed E-state index contributed by atoms with van der Waals surface area (Å²) in [6, 6.07) is 12.9. The number of ether oxygens (including phenoxy) is 1. The topological polar surface area (TPSA) is 68.7 Å². The van der Waals surface area contributed by atoms with Gasteiger partial charge < -0.3 is 18.6 Å². The molecule has 0 N–H and O–H groups in total.